The molecule has 10 heavy (non-hydrogen) atoms. The van der Waals surface area contributed by atoms with Crippen LogP contribution in [0.3, 0.4) is 0 Å². The van der Waals surface area contributed by atoms with Crippen LogP contribution in [0.1, 0.15) is 46.0 Å². The van der Waals surface area contributed by atoms with Crippen molar-refractivity contribution in [2.24, 2.45) is 5.92 Å². The second kappa shape index (κ2) is 7.59. The van der Waals surface area contributed by atoms with Crippen LogP contribution in [0.2, 0.25) is 0 Å². The van der Waals surface area contributed by atoms with Crippen molar-refractivity contribution in [3.63, 3.8) is 0 Å². The van der Waals surface area contributed by atoms with Gasteiger partial charge >= 0.3 is 0 Å². The average molecular weight is 207 g/mol. The predicted octanol–water partition coefficient (Wildman–Crippen LogP) is 3.99. The van der Waals surface area contributed by atoms with Crippen LogP contribution in [0, 0.1) is 5.92 Å². The van der Waals surface area contributed by atoms with E-state index in [0.717, 1.165) is 5.92 Å². The normalized spacial score (nSPS) is 10.8. The molecule has 0 aliphatic rings. The first-order valence-electron chi connectivity index (χ1n) is 4.41. The van der Waals surface area contributed by atoms with Crippen LogP contribution in [0.15, 0.2) is 0 Å². The maximum atomic E-state index is 3.44. The molecule has 1 heteroatoms. The van der Waals surface area contributed by atoms with Crippen molar-refractivity contribution in [1.82, 2.24) is 0 Å². The maximum Gasteiger partial charge on any atom is 0.00313 e. The van der Waals surface area contributed by atoms with E-state index < -0.39 is 0 Å². The lowest BCUT2D eigenvalue weighted by molar-refractivity contribution is 0.439. The predicted molar refractivity (Wildman–Crippen MR) is 51.7 cm³/mol. The van der Waals surface area contributed by atoms with Gasteiger partial charge in [0.25, 0.3) is 0 Å². The minimum Gasteiger partial charge on any atom is -0.0928 e. The van der Waals surface area contributed by atoms with Gasteiger partial charge in [0.15, 0.2) is 0 Å². The highest BCUT2D eigenvalue weighted by molar-refractivity contribution is 9.09. The van der Waals surface area contributed by atoms with E-state index in [9.17, 15) is 0 Å². The van der Waals surface area contributed by atoms with Crippen LogP contribution in [0.25, 0.3) is 0 Å². The molecule has 0 aromatic rings. The number of alkyl halides is 1. The highest BCUT2D eigenvalue weighted by atomic mass is 79.9. The van der Waals surface area contributed by atoms with Crippen molar-refractivity contribution in [2.75, 3.05) is 5.33 Å². The van der Waals surface area contributed by atoms with E-state index in [-0.39, 0.29) is 0 Å². The largest absolute Gasteiger partial charge is 0.0928 e. The lowest BCUT2D eigenvalue weighted by atomic mass is 9.97. The monoisotopic (exact) mass is 206 g/mol. The van der Waals surface area contributed by atoms with E-state index in [4.69, 9.17) is 0 Å². The van der Waals surface area contributed by atoms with Crippen LogP contribution in [-0.4, -0.2) is 5.33 Å². The lowest BCUT2D eigenvalue weighted by Crippen LogP contribution is -1.96. The molecule has 0 aromatic carbocycles. The molecule has 0 rings (SSSR count). The second-order valence-corrected chi connectivity index (χ2v) is 3.66. The third-order valence-corrected chi connectivity index (χ3v) is 2.71. The molecule has 0 unspecified atom stereocenters. The molecule has 0 aliphatic heterocycles. The Kier molecular flexibility index (Phi) is 7.95. The Hall–Kier alpha value is 0.480. The fourth-order valence-corrected chi connectivity index (χ4v) is 1.62. The number of unbranched alkanes of at least 4 members (excludes halogenated alkanes) is 1. The van der Waals surface area contributed by atoms with Crippen LogP contribution < -0.4 is 0 Å². The number of hydrogen-bond donors (Lipinski definition) is 0. The molecule has 0 N–H and O–H groups in total. The summed E-state index contributed by atoms with van der Waals surface area (Å²) < 4.78 is 0. The summed E-state index contributed by atoms with van der Waals surface area (Å²) in [6.45, 7) is 4.59. The quantitative estimate of drug-likeness (QED) is 0.456. The van der Waals surface area contributed by atoms with Crippen LogP contribution in [0.5, 0.6) is 0 Å². The van der Waals surface area contributed by atoms with Gasteiger partial charge in [-0.2, -0.15) is 0 Å². The lowest BCUT2D eigenvalue weighted by Gasteiger charge is -2.10. The van der Waals surface area contributed by atoms with Gasteiger partial charge in [-0.05, 0) is 12.3 Å². The molecule has 0 bridgehead atoms. The summed E-state index contributed by atoms with van der Waals surface area (Å²) in [4.78, 5) is 0. The number of halogens is 1. The zero-order valence-electron chi connectivity index (χ0n) is 7.20. The van der Waals surface area contributed by atoms with Crippen molar-refractivity contribution < 1.29 is 0 Å². The zero-order chi connectivity index (χ0) is 7.82. The molecule has 0 radical (unpaired) electrons. The van der Waals surface area contributed by atoms with E-state index in [1.165, 1.54) is 37.4 Å². The summed E-state index contributed by atoms with van der Waals surface area (Å²) in [6.07, 6.45) is 6.89. The third kappa shape index (κ3) is 5.28. The van der Waals surface area contributed by atoms with Gasteiger partial charge in [0.2, 0.25) is 0 Å². The Morgan fingerprint density at radius 1 is 1.10 bits per heavy atom. The zero-order valence-corrected chi connectivity index (χ0v) is 8.78. The van der Waals surface area contributed by atoms with Crippen LogP contribution >= 0.6 is 15.9 Å². The Morgan fingerprint density at radius 2 is 1.70 bits per heavy atom. The van der Waals surface area contributed by atoms with Gasteiger partial charge in [-0.1, -0.05) is 55.5 Å². The summed E-state index contributed by atoms with van der Waals surface area (Å²) in [5, 5.41) is 1.17. The Bertz CT molecular complexity index is 57.7. The topological polar surface area (TPSA) is 0 Å². The van der Waals surface area contributed by atoms with Gasteiger partial charge in [-0.25, -0.2) is 0 Å². The van der Waals surface area contributed by atoms with E-state index >= 15 is 0 Å². The first kappa shape index (κ1) is 10.5. The van der Waals surface area contributed by atoms with Gasteiger partial charge in [0.05, 0.1) is 0 Å². The van der Waals surface area contributed by atoms with E-state index in [1.807, 2.05) is 0 Å². The van der Waals surface area contributed by atoms with Crippen molar-refractivity contribution >= 4 is 15.9 Å². The van der Waals surface area contributed by atoms with Crippen molar-refractivity contribution in [3.8, 4) is 0 Å². The van der Waals surface area contributed by atoms with Gasteiger partial charge in [-0.3, -0.25) is 0 Å². The van der Waals surface area contributed by atoms with E-state index in [2.05, 4.69) is 29.8 Å². The van der Waals surface area contributed by atoms with Crippen molar-refractivity contribution in [3.05, 3.63) is 0 Å². The number of rotatable bonds is 6. The summed E-state index contributed by atoms with van der Waals surface area (Å²) >= 11 is 3.44. The molecule has 0 aromatic heterocycles. The van der Waals surface area contributed by atoms with Gasteiger partial charge in [0, 0.05) is 5.33 Å². The molecule has 0 fully saturated rings. The first-order chi connectivity index (χ1) is 4.85. The molecule has 0 nitrogen and oxygen atoms in total. The molecule has 0 saturated heterocycles. The molecule has 0 heterocycles. The fraction of sp³-hybridized carbons (Fsp3) is 1.00. The summed E-state index contributed by atoms with van der Waals surface area (Å²) in [5.74, 6) is 0.985. The molecule has 0 spiro atoms. The van der Waals surface area contributed by atoms with Crippen LogP contribution in [-0.2, 0) is 0 Å². The fourth-order valence-electron chi connectivity index (χ4n) is 1.22. The summed E-state index contributed by atoms with van der Waals surface area (Å²) in [7, 11) is 0. The molecule has 62 valence electrons. The van der Waals surface area contributed by atoms with Crippen molar-refractivity contribution in [2.45, 2.75) is 46.0 Å². The van der Waals surface area contributed by atoms with Crippen molar-refractivity contribution in [1.29, 1.82) is 0 Å². The Morgan fingerprint density at radius 3 is 2.10 bits per heavy atom. The average Bonchev–Trinajstić information content (AvgIpc) is 1.99. The molecule has 0 saturated carbocycles. The Labute approximate surface area is 73.5 Å². The smallest absolute Gasteiger partial charge is 0.00313 e. The Balaban J connectivity index is 3.09. The highest BCUT2D eigenvalue weighted by Gasteiger charge is 2.01. The van der Waals surface area contributed by atoms with Gasteiger partial charge in [-0.15, -0.1) is 0 Å². The molecular formula is C9H19Br. The summed E-state index contributed by atoms with van der Waals surface area (Å²) in [5.41, 5.74) is 0. The minimum atomic E-state index is 0.985. The van der Waals surface area contributed by atoms with E-state index in [0.29, 0.717) is 0 Å². The molecule has 0 aliphatic carbocycles. The van der Waals surface area contributed by atoms with Gasteiger partial charge < -0.3 is 0 Å². The van der Waals surface area contributed by atoms with E-state index in [1.54, 1.807) is 0 Å². The van der Waals surface area contributed by atoms with Gasteiger partial charge in [0.1, 0.15) is 0 Å². The minimum absolute atomic E-state index is 0.985. The summed E-state index contributed by atoms with van der Waals surface area (Å²) in [6, 6.07) is 0. The highest BCUT2D eigenvalue weighted by Crippen LogP contribution is 2.15. The standard InChI is InChI=1S/C9H19Br/c1-3-9(4-2)7-5-6-8-10/h9H,3-8H2,1-2H3. The molecule has 0 atom stereocenters. The molecule has 0 amide bonds. The van der Waals surface area contributed by atoms with Crippen LogP contribution in [0.4, 0.5) is 0 Å². The first-order valence-corrected chi connectivity index (χ1v) is 5.53. The second-order valence-electron chi connectivity index (χ2n) is 2.87. The SMILES string of the molecule is CCC(CC)CCCCBr. The number of hydrogen-bond acceptors (Lipinski definition) is 0. The maximum absolute atomic E-state index is 3.44. The third-order valence-electron chi connectivity index (χ3n) is 2.15. The molecular weight excluding hydrogens is 188 g/mol.